The van der Waals surface area contributed by atoms with Gasteiger partial charge in [0.25, 0.3) is 0 Å². The molecule has 1 amide bonds. The van der Waals surface area contributed by atoms with Gasteiger partial charge in [-0.05, 0) is 31.5 Å². The van der Waals surface area contributed by atoms with Crippen LogP contribution in [0.15, 0.2) is 23.4 Å². The first-order chi connectivity index (χ1) is 12.4. The Morgan fingerprint density at radius 2 is 1.93 bits per heavy atom. The van der Waals surface area contributed by atoms with Crippen LogP contribution in [0.2, 0.25) is 0 Å². The first kappa shape index (κ1) is 21.4. The van der Waals surface area contributed by atoms with Crippen LogP contribution in [0.1, 0.15) is 25.8 Å². The average Bonchev–Trinajstić information content (AvgIpc) is 2.88. The van der Waals surface area contributed by atoms with E-state index in [9.17, 15) is 31.1 Å². The van der Waals surface area contributed by atoms with Crippen molar-refractivity contribution in [2.24, 2.45) is 0 Å². The van der Waals surface area contributed by atoms with Gasteiger partial charge in [0.1, 0.15) is 6.54 Å². The summed E-state index contributed by atoms with van der Waals surface area (Å²) in [5.74, 6) is -0.830. The number of fused-ring (bicyclic) bond motifs is 1. The largest absolute Gasteiger partial charge is 0.416 e. The van der Waals surface area contributed by atoms with Gasteiger partial charge in [0.05, 0.1) is 21.8 Å². The molecule has 1 atom stereocenters. The third kappa shape index (κ3) is 5.53. The number of benzene rings is 1. The molecule has 0 fully saturated rings. The molecule has 2 aromatic rings. The van der Waals surface area contributed by atoms with E-state index in [1.165, 1.54) is 13.0 Å². The Balaban J connectivity index is 2.29. The summed E-state index contributed by atoms with van der Waals surface area (Å²) in [5, 5.41) is 1.16. The van der Waals surface area contributed by atoms with Crippen molar-refractivity contribution in [3.63, 3.8) is 0 Å². The van der Waals surface area contributed by atoms with Crippen LogP contribution in [0.3, 0.4) is 0 Å². The highest BCUT2D eigenvalue weighted by Crippen LogP contribution is 2.34. The number of carbonyl (C=O) groups is 1. The Morgan fingerprint density at radius 3 is 2.48 bits per heavy atom. The molecule has 0 aliphatic carbocycles. The van der Waals surface area contributed by atoms with E-state index in [1.807, 2.05) is 6.92 Å². The summed E-state index contributed by atoms with van der Waals surface area (Å²) >= 11 is 0.899. The highest BCUT2D eigenvalue weighted by Gasteiger charge is 2.32. The third-order valence-corrected chi connectivity index (χ3v) is 4.69. The van der Waals surface area contributed by atoms with Gasteiger partial charge in [-0.25, -0.2) is 4.98 Å². The lowest BCUT2D eigenvalue weighted by Gasteiger charge is -2.14. The fourth-order valence-corrected chi connectivity index (χ4v) is 3.32. The molecule has 0 aliphatic heterocycles. The molecule has 2 rings (SSSR count). The molecule has 0 saturated carbocycles. The summed E-state index contributed by atoms with van der Waals surface area (Å²) in [7, 11) is 0. The molecule has 1 aromatic heterocycles. The summed E-state index contributed by atoms with van der Waals surface area (Å²) in [6.07, 6.45) is -8.43. The fourth-order valence-electron chi connectivity index (χ4n) is 2.35. The van der Waals surface area contributed by atoms with Crippen LogP contribution < -0.4 is 5.32 Å². The van der Waals surface area contributed by atoms with E-state index in [2.05, 4.69) is 4.98 Å². The van der Waals surface area contributed by atoms with Gasteiger partial charge in [-0.1, -0.05) is 18.7 Å². The van der Waals surface area contributed by atoms with Crippen LogP contribution in [0.4, 0.5) is 26.3 Å². The molecule has 1 N–H and O–H groups in total. The summed E-state index contributed by atoms with van der Waals surface area (Å²) < 4.78 is 77.1. The van der Waals surface area contributed by atoms with E-state index >= 15 is 0 Å². The van der Waals surface area contributed by atoms with Crippen molar-refractivity contribution in [1.82, 2.24) is 14.9 Å². The summed E-state index contributed by atoms with van der Waals surface area (Å²) in [5.41, 5.74) is -0.237. The maximum Gasteiger partial charge on any atom is 0.416 e. The zero-order valence-electron chi connectivity index (χ0n) is 14.4. The van der Waals surface area contributed by atoms with Gasteiger partial charge >= 0.3 is 12.4 Å². The number of amides is 1. The maximum absolute atomic E-state index is 13.0. The Labute approximate surface area is 155 Å². The number of halogens is 6. The van der Waals surface area contributed by atoms with Gasteiger partial charge in [0, 0.05) is 6.54 Å². The van der Waals surface area contributed by atoms with Crippen molar-refractivity contribution in [1.29, 1.82) is 0 Å². The van der Waals surface area contributed by atoms with E-state index in [1.54, 1.807) is 9.88 Å². The highest BCUT2D eigenvalue weighted by atomic mass is 32.2. The summed E-state index contributed by atoms with van der Waals surface area (Å²) in [6.45, 7) is 2.15. The molecular weight excluding hydrogens is 396 g/mol. The maximum atomic E-state index is 13.0. The number of carbonyl (C=O) groups excluding carboxylic acids is 1. The number of imidazole rings is 1. The second-order valence-electron chi connectivity index (χ2n) is 5.84. The molecular formula is C16H17F6N3OS. The lowest BCUT2D eigenvalue weighted by molar-refractivity contribution is -0.137. The van der Waals surface area contributed by atoms with Gasteiger partial charge in [0.2, 0.25) is 5.91 Å². The van der Waals surface area contributed by atoms with Crippen LogP contribution in [0.25, 0.3) is 11.0 Å². The first-order valence-corrected chi connectivity index (χ1v) is 8.89. The monoisotopic (exact) mass is 413 g/mol. The van der Waals surface area contributed by atoms with E-state index in [4.69, 9.17) is 0 Å². The second kappa shape index (κ2) is 7.99. The number of aryl methyl sites for hydroxylation is 1. The number of rotatable bonds is 6. The summed E-state index contributed by atoms with van der Waals surface area (Å²) in [4.78, 5) is 16.1. The quantitative estimate of drug-likeness (QED) is 0.555. The van der Waals surface area contributed by atoms with Crippen molar-refractivity contribution < 1.29 is 31.1 Å². The molecule has 11 heteroatoms. The van der Waals surface area contributed by atoms with Gasteiger partial charge in [0.15, 0.2) is 5.16 Å². The van der Waals surface area contributed by atoms with Crippen molar-refractivity contribution in [3.8, 4) is 0 Å². The number of nitrogens with one attached hydrogen (secondary N) is 1. The molecule has 1 heterocycles. The highest BCUT2D eigenvalue weighted by molar-refractivity contribution is 8.00. The molecule has 1 unspecified atom stereocenters. The number of nitrogens with zero attached hydrogens (tertiary/aromatic N) is 2. The summed E-state index contributed by atoms with van der Waals surface area (Å²) in [6, 6.07) is 3.14. The Hall–Kier alpha value is -1.91. The standard InChI is InChI=1S/C16H17F6N3OS/c1-3-6-25-12-7-10(16(20,21)22)4-5-11(12)24-14(25)27-9(2)13(26)23-8-15(17,18)19/h4-5,7,9H,3,6,8H2,1-2H3,(H,23,26). The SMILES string of the molecule is CCCn1c(SC(C)C(=O)NCC(F)(F)F)nc2ccc(C(F)(F)F)cc21. The molecule has 27 heavy (non-hydrogen) atoms. The van der Waals surface area contributed by atoms with Crippen LogP contribution >= 0.6 is 11.8 Å². The van der Waals surface area contributed by atoms with E-state index in [-0.39, 0.29) is 10.7 Å². The number of hydrogen-bond donors (Lipinski definition) is 1. The van der Waals surface area contributed by atoms with Crippen LogP contribution in [0.5, 0.6) is 0 Å². The Kier molecular flexibility index (Phi) is 6.33. The predicted octanol–water partition coefficient (Wildman–Crippen LogP) is 4.62. The molecule has 4 nitrogen and oxygen atoms in total. The topological polar surface area (TPSA) is 46.9 Å². The van der Waals surface area contributed by atoms with Crippen LogP contribution in [0, 0.1) is 0 Å². The van der Waals surface area contributed by atoms with Crippen molar-refractivity contribution >= 4 is 28.7 Å². The Bertz CT molecular complexity index is 815. The second-order valence-corrected chi connectivity index (χ2v) is 7.15. The van der Waals surface area contributed by atoms with Gasteiger partial charge < -0.3 is 9.88 Å². The predicted molar refractivity (Wildman–Crippen MR) is 89.4 cm³/mol. The van der Waals surface area contributed by atoms with E-state index in [0.717, 1.165) is 23.9 Å². The lowest BCUT2D eigenvalue weighted by Crippen LogP contribution is -2.38. The van der Waals surface area contributed by atoms with E-state index in [0.29, 0.717) is 18.5 Å². The minimum absolute atomic E-state index is 0.261. The van der Waals surface area contributed by atoms with Crippen LogP contribution in [-0.4, -0.2) is 33.4 Å². The molecule has 0 saturated heterocycles. The zero-order chi connectivity index (χ0) is 20.4. The molecule has 0 bridgehead atoms. The molecule has 0 spiro atoms. The number of hydrogen-bond acceptors (Lipinski definition) is 3. The van der Waals surface area contributed by atoms with Crippen molar-refractivity contribution in [2.75, 3.05) is 6.54 Å². The normalized spacial score (nSPS) is 13.8. The molecule has 1 aromatic carbocycles. The van der Waals surface area contributed by atoms with Crippen molar-refractivity contribution in [3.05, 3.63) is 23.8 Å². The van der Waals surface area contributed by atoms with Gasteiger partial charge in [-0.15, -0.1) is 0 Å². The number of thioether (sulfide) groups is 1. The average molecular weight is 413 g/mol. The lowest BCUT2D eigenvalue weighted by atomic mass is 10.2. The minimum atomic E-state index is -4.52. The minimum Gasteiger partial charge on any atom is -0.346 e. The van der Waals surface area contributed by atoms with Crippen molar-refractivity contribution in [2.45, 2.75) is 49.6 Å². The smallest absolute Gasteiger partial charge is 0.346 e. The fraction of sp³-hybridized carbons (Fsp3) is 0.500. The molecule has 0 radical (unpaired) electrons. The molecule has 0 aliphatic rings. The first-order valence-electron chi connectivity index (χ1n) is 8.01. The van der Waals surface area contributed by atoms with E-state index < -0.39 is 35.6 Å². The van der Waals surface area contributed by atoms with Gasteiger partial charge in [-0.3, -0.25) is 4.79 Å². The molecule has 150 valence electrons. The number of alkyl halides is 6. The zero-order valence-corrected chi connectivity index (χ0v) is 15.2. The number of aromatic nitrogens is 2. The van der Waals surface area contributed by atoms with Gasteiger partial charge in [-0.2, -0.15) is 26.3 Å². The Morgan fingerprint density at radius 1 is 1.26 bits per heavy atom. The third-order valence-electron chi connectivity index (χ3n) is 3.60. The van der Waals surface area contributed by atoms with Crippen LogP contribution in [-0.2, 0) is 17.5 Å².